The minimum Gasteiger partial charge on any atom is -0.324 e. The molecule has 98 valence electrons. The molecule has 0 aromatic heterocycles. The third-order valence-electron chi connectivity index (χ3n) is 2.78. The van der Waals surface area contributed by atoms with Crippen molar-refractivity contribution in [2.24, 2.45) is 11.7 Å². The lowest BCUT2D eigenvalue weighted by molar-refractivity contribution is -0.385. The highest BCUT2D eigenvalue weighted by atomic mass is 16.6. The molecule has 0 radical (unpaired) electrons. The van der Waals surface area contributed by atoms with Crippen molar-refractivity contribution >= 4 is 17.3 Å². The van der Waals surface area contributed by atoms with Crippen molar-refractivity contribution in [3.05, 3.63) is 33.9 Å². The predicted octanol–water partition coefficient (Wildman–Crippen LogP) is 1.83. The van der Waals surface area contributed by atoms with Crippen molar-refractivity contribution in [1.82, 2.24) is 0 Å². The van der Waals surface area contributed by atoms with Crippen LogP contribution >= 0.6 is 0 Å². The van der Waals surface area contributed by atoms with Gasteiger partial charge in [-0.3, -0.25) is 14.9 Å². The molecule has 0 aliphatic heterocycles. The summed E-state index contributed by atoms with van der Waals surface area (Å²) in [7, 11) is 0. The van der Waals surface area contributed by atoms with Crippen molar-refractivity contribution in [1.29, 1.82) is 0 Å². The number of carbonyl (C=O) groups excluding carboxylic acids is 1. The highest BCUT2D eigenvalue weighted by molar-refractivity contribution is 5.95. The van der Waals surface area contributed by atoms with E-state index in [0.717, 1.165) is 0 Å². The fourth-order valence-electron chi connectivity index (χ4n) is 1.48. The number of nitrogens with two attached hydrogens (primary N) is 1. The number of nitrogens with zero attached hydrogens (tertiary/aromatic N) is 1. The number of nitro groups is 1. The van der Waals surface area contributed by atoms with Gasteiger partial charge in [-0.25, -0.2) is 0 Å². The second-order valence-electron chi connectivity index (χ2n) is 4.47. The van der Waals surface area contributed by atoms with E-state index in [1.807, 2.05) is 13.8 Å². The number of hydrogen-bond donors (Lipinski definition) is 2. The zero-order valence-electron chi connectivity index (χ0n) is 10.6. The molecule has 6 nitrogen and oxygen atoms in total. The van der Waals surface area contributed by atoms with Crippen molar-refractivity contribution in [2.45, 2.75) is 26.8 Å². The molecule has 0 fully saturated rings. The van der Waals surface area contributed by atoms with Crippen LogP contribution in [0.15, 0.2) is 18.2 Å². The lowest BCUT2D eigenvalue weighted by Crippen LogP contribution is -2.39. The summed E-state index contributed by atoms with van der Waals surface area (Å²) in [5.74, 6) is -0.336. The van der Waals surface area contributed by atoms with E-state index in [1.165, 1.54) is 12.1 Å². The summed E-state index contributed by atoms with van der Waals surface area (Å²) in [6.45, 7) is 5.27. The van der Waals surface area contributed by atoms with Gasteiger partial charge < -0.3 is 11.1 Å². The van der Waals surface area contributed by atoms with E-state index in [-0.39, 0.29) is 17.5 Å². The molecule has 1 atom stereocenters. The van der Waals surface area contributed by atoms with Gasteiger partial charge in [-0.2, -0.15) is 0 Å². The van der Waals surface area contributed by atoms with E-state index in [2.05, 4.69) is 5.32 Å². The first kappa shape index (κ1) is 14.1. The minimum absolute atomic E-state index is 0.00371. The van der Waals surface area contributed by atoms with Crippen LogP contribution in [-0.4, -0.2) is 16.9 Å². The molecule has 1 aromatic rings. The minimum atomic E-state index is -0.635. The standard InChI is InChI=1S/C12H17N3O3/c1-7(2)11(13)12(16)14-9-5-4-6-10(8(9)3)15(17)18/h4-7,11H,13H2,1-3H3,(H,14,16)/t11-/m1/s1. The Morgan fingerprint density at radius 2 is 2.06 bits per heavy atom. The first-order chi connectivity index (χ1) is 8.34. The second-order valence-corrected chi connectivity index (χ2v) is 4.47. The van der Waals surface area contributed by atoms with Crippen LogP contribution in [0.25, 0.3) is 0 Å². The third-order valence-corrected chi connectivity index (χ3v) is 2.78. The van der Waals surface area contributed by atoms with Crippen molar-refractivity contribution in [3.63, 3.8) is 0 Å². The highest BCUT2D eigenvalue weighted by Gasteiger charge is 2.20. The van der Waals surface area contributed by atoms with E-state index in [0.29, 0.717) is 11.3 Å². The zero-order chi connectivity index (χ0) is 13.9. The summed E-state index contributed by atoms with van der Waals surface area (Å²) in [6.07, 6.45) is 0. The molecule has 0 bridgehead atoms. The Kier molecular flexibility index (Phi) is 4.38. The molecule has 0 aliphatic carbocycles. The van der Waals surface area contributed by atoms with Crippen LogP contribution in [0.1, 0.15) is 19.4 Å². The normalized spacial score (nSPS) is 12.3. The summed E-state index contributed by atoms with van der Waals surface area (Å²) < 4.78 is 0. The molecular formula is C12H17N3O3. The number of nitrogens with one attached hydrogen (secondary N) is 1. The molecule has 0 saturated carbocycles. The van der Waals surface area contributed by atoms with Gasteiger partial charge in [-0.15, -0.1) is 0 Å². The summed E-state index contributed by atoms with van der Waals surface area (Å²) in [5.41, 5.74) is 6.53. The quantitative estimate of drug-likeness (QED) is 0.630. The average Bonchev–Trinajstić information content (AvgIpc) is 2.30. The van der Waals surface area contributed by atoms with Gasteiger partial charge in [0.15, 0.2) is 0 Å². The Morgan fingerprint density at radius 3 is 2.56 bits per heavy atom. The van der Waals surface area contributed by atoms with Crippen molar-refractivity contribution in [2.75, 3.05) is 5.32 Å². The molecule has 1 amide bonds. The van der Waals surface area contributed by atoms with Gasteiger partial charge in [0, 0.05) is 6.07 Å². The monoisotopic (exact) mass is 251 g/mol. The van der Waals surface area contributed by atoms with Gasteiger partial charge in [-0.05, 0) is 18.9 Å². The lowest BCUT2D eigenvalue weighted by atomic mass is 10.0. The van der Waals surface area contributed by atoms with Gasteiger partial charge >= 0.3 is 0 Å². The van der Waals surface area contributed by atoms with Gasteiger partial charge in [0.05, 0.1) is 22.2 Å². The molecule has 1 aromatic carbocycles. The molecule has 0 aliphatic rings. The third kappa shape index (κ3) is 3.04. The van der Waals surface area contributed by atoms with Crippen LogP contribution in [0, 0.1) is 23.0 Å². The number of benzene rings is 1. The SMILES string of the molecule is Cc1c(NC(=O)[C@H](N)C(C)C)cccc1[N+](=O)[O-]. The number of nitro benzene ring substituents is 1. The molecule has 0 heterocycles. The predicted molar refractivity (Wildman–Crippen MR) is 69.3 cm³/mol. The fraction of sp³-hybridized carbons (Fsp3) is 0.417. The van der Waals surface area contributed by atoms with Crippen LogP contribution in [0.5, 0.6) is 0 Å². The van der Waals surface area contributed by atoms with Gasteiger partial charge in [0.25, 0.3) is 5.69 Å². The highest BCUT2D eigenvalue weighted by Crippen LogP contribution is 2.25. The largest absolute Gasteiger partial charge is 0.324 e. The summed E-state index contributed by atoms with van der Waals surface area (Å²) in [5, 5.41) is 13.4. The Morgan fingerprint density at radius 1 is 1.44 bits per heavy atom. The Bertz CT molecular complexity index is 472. The number of carbonyl (C=O) groups is 1. The van der Waals surface area contributed by atoms with Gasteiger partial charge in [0.1, 0.15) is 0 Å². The number of hydrogen-bond acceptors (Lipinski definition) is 4. The number of anilines is 1. The fourth-order valence-corrected chi connectivity index (χ4v) is 1.48. The molecule has 3 N–H and O–H groups in total. The Balaban J connectivity index is 2.96. The molecular weight excluding hydrogens is 234 g/mol. The lowest BCUT2D eigenvalue weighted by Gasteiger charge is -2.16. The van der Waals surface area contributed by atoms with Crippen LogP contribution in [0.3, 0.4) is 0 Å². The van der Waals surface area contributed by atoms with Crippen molar-refractivity contribution < 1.29 is 9.72 Å². The van der Waals surface area contributed by atoms with Crippen LogP contribution in [0.4, 0.5) is 11.4 Å². The van der Waals surface area contributed by atoms with E-state index in [4.69, 9.17) is 5.73 Å². The maximum absolute atomic E-state index is 11.8. The van der Waals surface area contributed by atoms with Crippen LogP contribution < -0.4 is 11.1 Å². The van der Waals surface area contributed by atoms with Crippen molar-refractivity contribution in [3.8, 4) is 0 Å². The number of amides is 1. The molecule has 6 heteroatoms. The number of rotatable bonds is 4. The van der Waals surface area contributed by atoms with Gasteiger partial charge in [-0.1, -0.05) is 19.9 Å². The Labute approximate surface area is 105 Å². The van der Waals surface area contributed by atoms with E-state index in [9.17, 15) is 14.9 Å². The molecule has 0 spiro atoms. The van der Waals surface area contributed by atoms with E-state index in [1.54, 1.807) is 13.0 Å². The molecule has 0 saturated heterocycles. The first-order valence-electron chi connectivity index (χ1n) is 5.65. The smallest absolute Gasteiger partial charge is 0.274 e. The van der Waals surface area contributed by atoms with Crippen LogP contribution in [0.2, 0.25) is 0 Å². The first-order valence-corrected chi connectivity index (χ1v) is 5.65. The summed E-state index contributed by atoms with van der Waals surface area (Å²) in [4.78, 5) is 22.1. The average molecular weight is 251 g/mol. The zero-order valence-corrected chi connectivity index (χ0v) is 10.6. The van der Waals surface area contributed by atoms with Gasteiger partial charge in [0.2, 0.25) is 5.91 Å². The maximum Gasteiger partial charge on any atom is 0.274 e. The summed E-state index contributed by atoms with van der Waals surface area (Å²) in [6, 6.07) is 3.91. The molecule has 18 heavy (non-hydrogen) atoms. The molecule has 1 rings (SSSR count). The Hall–Kier alpha value is -1.95. The van der Waals surface area contributed by atoms with E-state index < -0.39 is 11.0 Å². The second kappa shape index (κ2) is 5.59. The van der Waals surface area contributed by atoms with Crippen LogP contribution in [-0.2, 0) is 4.79 Å². The van der Waals surface area contributed by atoms with E-state index >= 15 is 0 Å². The topological polar surface area (TPSA) is 98.3 Å². The summed E-state index contributed by atoms with van der Waals surface area (Å²) >= 11 is 0. The molecule has 0 unspecified atom stereocenters. The maximum atomic E-state index is 11.8.